The molecule has 3 unspecified atom stereocenters. The minimum atomic E-state index is -0.266. The molecule has 3 fully saturated rings. The Morgan fingerprint density at radius 3 is 2.77 bits per heavy atom. The number of hydrogen-bond acceptors (Lipinski definition) is 7. The SMILES string of the molecule is O=C(Nc1ccsc1)NC1CC2C(=O)NCC(CCC(=O)N3CCN(c4ccccn4)CC3)N2C1. The molecule has 5 rings (SSSR count). The van der Waals surface area contributed by atoms with Crippen molar-refractivity contribution in [3.63, 3.8) is 0 Å². The summed E-state index contributed by atoms with van der Waals surface area (Å²) in [5, 5.41) is 12.6. The Kier molecular flexibility index (Phi) is 7.14. The van der Waals surface area contributed by atoms with Gasteiger partial charge in [0.05, 0.1) is 11.7 Å². The third-order valence-corrected chi connectivity index (χ3v) is 7.72. The van der Waals surface area contributed by atoms with Crippen LogP contribution in [0.3, 0.4) is 0 Å². The number of fused-ring (bicyclic) bond motifs is 1. The average Bonchev–Trinajstić information content (AvgIpc) is 3.54. The van der Waals surface area contributed by atoms with Crippen LogP contribution in [0.1, 0.15) is 19.3 Å². The van der Waals surface area contributed by atoms with Crippen molar-refractivity contribution in [2.45, 2.75) is 37.4 Å². The highest BCUT2D eigenvalue weighted by Gasteiger charge is 2.44. The number of aromatic nitrogens is 1. The number of thiophene rings is 1. The number of pyridine rings is 1. The van der Waals surface area contributed by atoms with Crippen LogP contribution in [0.4, 0.5) is 16.3 Å². The number of urea groups is 1. The smallest absolute Gasteiger partial charge is 0.319 e. The molecule has 4 amide bonds. The van der Waals surface area contributed by atoms with Crippen LogP contribution >= 0.6 is 11.3 Å². The fraction of sp³-hybridized carbons (Fsp3) is 0.500. The fourth-order valence-electron chi connectivity index (χ4n) is 5.21. The highest BCUT2D eigenvalue weighted by atomic mass is 32.1. The molecule has 11 heteroatoms. The molecule has 5 heterocycles. The lowest BCUT2D eigenvalue weighted by Crippen LogP contribution is -2.58. The molecule has 3 atom stereocenters. The van der Waals surface area contributed by atoms with Gasteiger partial charge in [0.1, 0.15) is 5.82 Å². The maximum Gasteiger partial charge on any atom is 0.319 e. The Hall–Kier alpha value is -3.18. The zero-order chi connectivity index (χ0) is 24.2. The van der Waals surface area contributed by atoms with E-state index in [2.05, 4.69) is 30.7 Å². The molecule has 3 aliphatic rings. The van der Waals surface area contributed by atoms with E-state index in [1.807, 2.05) is 39.9 Å². The van der Waals surface area contributed by atoms with Crippen LogP contribution in [0.2, 0.25) is 0 Å². The number of amides is 4. The zero-order valence-electron chi connectivity index (χ0n) is 19.6. The Morgan fingerprint density at radius 1 is 1.17 bits per heavy atom. The van der Waals surface area contributed by atoms with Gasteiger partial charge in [-0.05, 0) is 36.4 Å². The van der Waals surface area contributed by atoms with Gasteiger partial charge in [-0.3, -0.25) is 14.5 Å². The molecular formula is C24H31N7O3S. The van der Waals surface area contributed by atoms with Gasteiger partial charge >= 0.3 is 6.03 Å². The van der Waals surface area contributed by atoms with E-state index in [9.17, 15) is 14.4 Å². The van der Waals surface area contributed by atoms with Gasteiger partial charge in [0, 0.05) is 69.3 Å². The van der Waals surface area contributed by atoms with Gasteiger partial charge in [0.2, 0.25) is 11.8 Å². The molecule has 0 saturated carbocycles. The molecular weight excluding hydrogens is 466 g/mol. The summed E-state index contributed by atoms with van der Waals surface area (Å²) < 4.78 is 0. The molecule has 186 valence electrons. The summed E-state index contributed by atoms with van der Waals surface area (Å²) in [6.07, 6.45) is 3.49. The van der Waals surface area contributed by atoms with Gasteiger partial charge in [0.15, 0.2) is 0 Å². The molecule has 0 bridgehead atoms. The van der Waals surface area contributed by atoms with Crippen molar-refractivity contribution in [3.8, 4) is 0 Å². The van der Waals surface area contributed by atoms with E-state index >= 15 is 0 Å². The second-order valence-corrected chi connectivity index (χ2v) is 10.0. The topological polar surface area (TPSA) is 110 Å². The van der Waals surface area contributed by atoms with Crippen molar-refractivity contribution in [2.24, 2.45) is 0 Å². The number of carbonyl (C=O) groups excluding carboxylic acids is 3. The van der Waals surface area contributed by atoms with Gasteiger partial charge in [-0.2, -0.15) is 11.3 Å². The van der Waals surface area contributed by atoms with Crippen LogP contribution in [0.25, 0.3) is 0 Å². The summed E-state index contributed by atoms with van der Waals surface area (Å²) in [4.78, 5) is 48.5. The molecule has 10 nitrogen and oxygen atoms in total. The lowest BCUT2D eigenvalue weighted by molar-refractivity contribution is -0.132. The van der Waals surface area contributed by atoms with Crippen molar-refractivity contribution in [1.82, 2.24) is 25.4 Å². The van der Waals surface area contributed by atoms with Crippen molar-refractivity contribution < 1.29 is 14.4 Å². The maximum absolute atomic E-state index is 12.9. The summed E-state index contributed by atoms with van der Waals surface area (Å²) in [5.41, 5.74) is 0.762. The van der Waals surface area contributed by atoms with E-state index in [1.54, 1.807) is 6.20 Å². The first-order valence-corrected chi connectivity index (χ1v) is 13.1. The normalized spacial score (nSPS) is 24.6. The minimum Gasteiger partial charge on any atom is -0.353 e. The number of nitrogens with zero attached hydrogens (tertiary/aromatic N) is 4. The van der Waals surface area contributed by atoms with Crippen molar-refractivity contribution in [2.75, 3.05) is 49.5 Å². The quantitative estimate of drug-likeness (QED) is 0.556. The monoisotopic (exact) mass is 497 g/mol. The summed E-state index contributed by atoms with van der Waals surface area (Å²) in [7, 11) is 0. The number of anilines is 2. The minimum absolute atomic E-state index is 0.000706. The molecule has 0 radical (unpaired) electrons. The molecule has 3 saturated heterocycles. The number of piperazine rings is 2. The molecule has 0 aromatic carbocycles. The van der Waals surface area contributed by atoms with Gasteiger partial charge < -0.3 is 25.8 Å². The van der Waals surface area contributed by atoms with Crippen molar-refractivity contribution in [3.05, 3.63) is 41.2 Å². The number of nitrogens with one attached hydrogen (secondary N) is 3. The Bertz CT molecular complexity index is 1030. The molecule has 3 aliphatic heterocycles. The summed E-state index contributed by atoms with van der Waals surface area (Å²) in [6.45, 7) is 4.07. The average molecular weight is 498 g/mol. The van der Waals surface area contributed by atoms with Crippen LogP contribution in [0, 0.1) is 0 Å². The Balaban J connectivity index is 1.10. The van der Waals surface area contributed by atoms with E-state index in [4.69, 9.17) is 0 Å². The highest BCUT2D eigenvalue weighted by Crippen LogP contribution is 2.26. The number of hydrogen-bond donors (Lipinski definition) is 3. The van der Waals surface area contributed by atoms with Crippen LogP contribution in [0.5, 0.6) is 0 Å². The molecule has 2 aromatic rings. The van der Waals surface area contributed by atoms with Gasteiger partial charge in [-0.1, -0.05) is 6.07 Å². The Morgan fingerprint density at radius 2 is 2.03 bits per heavy atom. The fourth-order valence-corrected chi connectivity index (χ4v) is 5.80. The number of rotatable bonds is 6. The lowest BCUT2D eigenvalue weighted by Gasteiger charge is -2.38. The van der Waals surface area contributed by atoms with E-state index in [1.165, 1.54) is 11.3 Å². The molecule has 35 heavy (non-hydrogen) atoms. The molecule has 0 aliphatic carbocycles. The van der Waals surface area contributed by atoms with Crippen LogP contribution in [-0.2, 0) is 9.59 Å². The summed E-state index contributed by atoms with van der Waals surface area (Å²) >= 11 is 1.52. The third kappa shape index (κ3) is 5.57. The predicted octanol–water partition coefficient (Wildman–Crippen LogP) is 1.33. The maximum atomic E-state index is 12.9. The first-order valence-electron chi connectivity index (χ1n) is 12.1. The van der Waals surface area contributed by atoms with E-state index < -0.39 is 0 Å². The number of carbonyl (C=O) groups is 3. The third-order valence-electron chi connectivity index (χ3n) is 7.03. The first-order chi connectivity index (χ1) is 17.1. The second-order valence-electron chi connectivity index (χ2n) is 9.25. The van der Waals surface area contributed by atoms with Gasteiger partial charge in [-0.25, -0.2) is 9.78 Å². The standard InChI is InChI=1S/C24H31N7O3S/c32-22(30-10-8-29(9-11-30)21-3-1-2-7-25-21)5-4-19-14-26-23(33)20-13-18(15-31(19)20)28-24(34)27-17-6-12-35-16-17/h1-3,6-7,12,16,18-20H,4-5,8-11,13-15H2,(H,26,33)(H2,27,28,34). The van der Waals surface area contributed by atoms with Gasteiger partial charge in [-0.15, -0.1) is 0 Å². The predicted molar refractivity (Wildman–Crippen MR) is 134 cm³/mol. The van der Waals surface area contributed by atoms with Crippen LogP contribution in [-0.4, -0.2) is 90.0 Å². The molecule has 3 N–H and O–H groups in total. The zero-order valence-corrected chi connectivity index (χ0v) is 20.4. The van der Waals surface area contributed by atoms with E-state index in [0.29, 0.717) is 45.4 Å². The van der Waals surface area contributed by atoms with Crippen molar-refractivity contribution in [1.29, 1.82) is 0 Å². The Labute approximate surface area is 208 Å². The van der Waals surface area contributed by atoms with Gasteiger partial charge in [0.25, 0.3) is 0 Å². The second kappa shape index (κ2) is 10.6. The molecule has 2 aromatic heterocycles. The lowest BCUT2D eigenvalue weighted by atomic mass is 10.0. The van der Waals surface area contributed by atoms with Crippen LogP contribution in [0.15, 0.2) is 41.2 Å². The van der Waals surface area contributed by atoms with E-state index in [-0.39, 0.29) is 36.0 Å². The summed E-state index contributed by atoms with van der Waals surface area (Å²) in [5.74, 6) is 1.11. The summed E-state index contributed by atoms with van der Waals surface area (Å²) in [6, 6.07) is 7.17. The first kappa shape index (κ1) is 23.6. The van der Waals surface area contributed by atoms with Crippen LogP contribution < -0.4 is 20.9 Å². The van der Waals surface area contributed by atoms with Crippen molar-refractivity contribution >= 4 is 40.7 Å². The molecule has 0 spiro atoms. The largest absolute Gasteiger partial charge is 0.353 e. The van der Waals surface area contributed by atoms with E-state index in [0.717, 1.165) is 24.6 Å². The highest BCUT2D eigenvalue weighted by molar-refractivity contribution is 7.08.